The molecule has 1 aromatic rings. The van der Waals surface area contributed by atoms with E-state index in [1.807, 2.05) is 4.90 Å². The van der Waals surface area contributed by atoms with Crippen molar-refractivity contribution in [2.45, 2.75) is 38.6 Å². The number of hydrogen-bond acceptors (Lipinski definition) is 3. The summed E-state index contributed by atoms with van der Waals surface area (Å²) in [5, 5.41) is 4.18. The Morgan fingerprint density at radius 1 is 1.61 bits per heavy atom. The molecule has 3 nitrogen and oxygen atoms in total. The first-order valence-corrected chi connectivity index (χ1v) is 7.67. The maximum Gasteiger partial charge on any atom is 0.223 e. The molecule has 1 fully saturated rings. The Hall–Kier alpha value is -0.870. The van der Waals surface area contributed by atoms with Crippen LogP contribution in [0.4, 0.5) is 0 Å². The quantitative estimate of drug-likeness (QED) is 0.908. The highest BCUT2D eigenvalue weighted by Gasteiger charge is 2.30. The zero-order valence-corrected chi connectivity index (χ0v) is 11.8. The van der Waals surface area contributed by atoms with Crippen LogP contribution in [0.15, 0.2) is 16.8 Å². The van der Waals surface area contributed by atoms with Gasteiger partial charge in [0.25, 0.3) is 0 Å². The van der Waals surface area contributed by atoms with Gasteiger partial charge in [-0.15, -0.1) is 0 Å². The van der Waals surface area contributed by atoms with E-state index in [-0.39, 0.29) is 11.9 Å². The van der Waals surface area contributed by atoms with Crippen molar-refractivity contribution in [1.29, 1.82) is 0 Å². The lowest BCUT2D eigenvalue weighted by molar-refractivity contribution is -0.136. The number of likely N-dealkylation sites (tertiary alicyclic amines) is 1. The molecule has 0 aliphatic carbocycles. The molecule has 100 valence electrons. The molecule has 0 saturated carbocycles. The van der Waals surface area contributed by atoms with Gasteiger partial charge in [0, 0.05) is 25.6 Å². The summed E-state index contributed by atoms with van der Waals surface area (Å²) in [6.45, 7) is 3.68. The van der Waals surface area contributed by atoms with Crippen molar-refractivity contribution in [3.63, 3.8) is 0 Å². The number of rotatable bonds is 4. The zero-order chi connectivity index (χ0) is 13.0. The number of nitrogens with two attached hydrogens (primary N) is 1. The lowest BCUT2D eigenvalue weighted by Crippen LogP contribution is -2.51. The Labute approximate surface area is 113 Å². The van der Waals surface area contributed by atoms with Gasteiger partial charge >= 0.3 is 0 Å². The largest absolute Gasteiger partial charge is 0.338 e. The number of carbonyl (C=O) groups is 1. The first kappa shape index (κ1) is 13.6. The average Bonchev–Trinajstić information content (AvgIpc) is 2.88. The van der Waals surface area contributed by atoms with Gasteiger partial charge in [0.05, 0.1) is 0 Å². The normalized spacial score (nSPS) is 24.2. The molecular weight excluding hydrogens is 244 g/mol. The number of piperidine rings is 1. The second kappa shape index (κ2) is 6.34. The molecule has 1 aliphatic heterocycles. The number of amides is 1. The fourth-order valence-corrected chi connectivity index (χ4v) is 3.45. The van der Waals surface area contributed by atoms with Crippen LogP contribution >= 0.6 is 11.3 Å². The topological polar surface area (TPSA) is 46.3 Å². The molecule has 1 amide bonds. The average molecular weight is 266 g/mol. The fourth-order valence-electron chi connectivity index (χ4n) is 2.75. The van der Waals surface area contributed by atoms with Crippen LogP contribution in [0.2, 0.25) is 0 Å². The highest BCUT2D eigenvalue weighted by molar-refractivity contribution is 7.07. The second-order valence-electron chi connectivity index (χ2n) is 5.14. The molecule has 4 heteroatoms. The monoisotopic (exact) mass is 266 g/mol. The minimum absolute atomic E-state index is 0.244. The van der Waals surface area contributed by atoms with E-state index >= 15 is 0 Å². The van der Waals surface area contributed by atoms with Crippen LogP contribution in [0.25, 0.3) is 0 Å². The Kier molecular flexibility index (Phi) is 4.78. The lowest BCUT2D eigenvalue weighted by atomic mass is 9.90. The van der Waals surface area contributed by atoms with Crippen molar-refractivity contribution in [1.82, 2.24) is 4.90 Å². The number of thiophene rings is 1. The highest BCUT2D eigenvalue weighted by Crippen LogP contribution is 2.23. The van der Waals surface area contributed by atoms with Crippen LogP contribution in [0.5, 0.6) is 0 Å². The second-order valence-corrected chi connectivity index (χ2v) is 5.92. The summed E-state index contributed by atoms with van der Waals surface area (Å²) in [7, 11) is 0. The van der Waals surface area contributed by atoms with Crippen LogP contribution in [-0.2, 0) is 11.2 Å². The molecule has 0 bridgehead atoms. The van der Waals surface area contributed by atoms with E-state index in [1.165, 1.54) is 12.0 Å². The summed E-state index contributed by atoms with van der Waals surface area (Å²) in [5.41, 5.74) is 7.09. The molecular formula is C14H22N2OS. The number of carbonyl (C=O) groups excluding carboxylic acids is 1. The Morgan fingerprint density at radius 2 is 2.44 bits per heavy atom. The van der Waals surface area contributed by atoms with E-state index < -0.39 is 0 Å². The van der Waals surface area contributed by atoms with E-state index in [0.717, 1.165) is 19.4 Å². The van der Waals surface area contributed by atoms with Gasteiger partial charge in [-0.05, 0) is 47.6 Å². The highest BCUT2D eigenvalue weighted by atomic mass is 32.1. The number of hydrogen-bond donors (Lipinski definition) is 1. The molecule has 2 atom stereocenters. The third-order valence-electron chi connectivity index (χ3n) is 3.89. The van der Waals surface area contributed by atoms with Crippen LogP contribution in [0.1, 0.15) is 31.7 Å². The summed E-state index contributed by atoms with van der Waals surface area (Å²) in [6.07, 6.45) is 3.77. The summed E-state index contributed by atoms with van der Waals surface area (Å²) in [5.74, 6) is 0.803. The molecule has 18 heavy (non-hydrogen) atoms. The molecule has 2 rings (SSSR count). The third kappa shape index (κ3) is 3.12. The van der Waals surface area contributed by atoms with Gasteiger partial charge in [0.1, 0.15) is 0 Å². The van der Waals surface area contributed by atoms with Gasteiger partial charge in [-0.3, -0.25) is 4.79 Å². The first-order valence-electron chi connectivity index (χ1n) is 6.73. The van der Waals surface area contributed by atoms with Crippen LogP contribution < -0.4 is 5.73 Å². The molecule has 2 heterocycles. The molecule has 1 aromatic heterocycles. The van der Waals surface area contributed by atoms with E-state index in [4.69, 9.17) is 5.73 Å². The Morgan fingerprint density at radius 3 is 3.11 bits per heavy atom. The minimum Gasteiger partial charge on any atom is -0.338 e. The molecule has 1 saturated heterocycles. The van der Waals surface area contributed by atoms with E-state index in [0.29, 0.717) is 18.9 Å². The van der Waals surface area contributed by atoms with Gasteiger partial charge in [-0.2, -0.15) is 11.3 Å². The van der Waals surface area contributed by atoms with E-state index in [1.54, 1.807) is 11.3 Å². The summed E-state index contributed by atoms with van der Waals surface area (Å²) in [6, 6.07) is 2.34. The smallest absolute Gasteiger partial charge is 0.223 e. The lowest BCUT2D eigenvalue weighted by Gasteiger charge is -2.39. The Balaban J connectivity index is 1.90. The van der Waals surface area contributed by atoms with Gasteiger partial charge in [0.2, 0.25) is 5.91 Å². The van der Waals surface area contributed by atoms with Crippen molar-refractivity contribution in [2.75, 3.05) is 13.1 Å². The molecule has 0 spiro atoms. The Bertz CT molecular complexity index is 377. The molecule has 0 aromatic carbocycles. The number of nitrogens with zero attached hydrogens (tertiary/aromatic N) is 1. The summed E-state index contributed by atoms with van der Waals surface area (Å²) < 4.78 is 0. The van der Waals surface area contributed by atoms with E-state index in [9.17, 15) is 4.79 Å². The predicted molar refractivity (Wildman–Crippen MR) is 75.6 cm³/mol. The van der Waals surface area contributed by atoms with Gasteiger partial charge in [-0.1, -0.05) is 6.92 Å². The maximum absolute atomic E-state index is 12.3. The molecule has 2 N–H and O–H groups in total. The van der Waals surface area contributed by atoms with Crippen molar-refractivity contribution in [2.24, 2.45) is 11.7 Å². The summed E-state index contributed by atoms with van der Waals surface area (Å²) in [4.78, 5) is 14.3. The van der Waals surface area contributed by atoms with Crippen molar-refractivity contribution < 1.29 is 4.79 Å². The SMILES string of the molecule is C[C@H]1CCCN(C(=O)CCc2ccsc2)[C@H]1CN. The zero-order valence-electron chi connectivity index (χ0n) is 11.0. The van der Waals surface area contributed by atoms with Gasteiger partial charge in [-0.25, -0.2) is 0 Å². The fraction of sp³-hybridized carbons (Fsp3) is 0.643. The summed E-state index contributed by atoms with van der Waals surface area (Å²) >= 11 is 1.69. The van der Waals surface area contributed by atoms with Crippen molar-refractivity contribution in [3.8, 4) is 0 Å². The maximum atomic E-state index is 12.3. The molecule has 0 radical (unpaired) electrons. The van der Waals surface area contributed by atoms with Crippen molar-refractivity contribution in [3.05, 3.63) is 22.4 Å². The minimum atomic E-state index is 0.244. The van der Waals surface area contributed by atoms with Crippen LogP contribution in [0, 0.1) is 5.92 Å². The third-order valence-corrected chi connectivity index (χ3v) is 4.62. The first-order chi connectivity index (χ1) is 8.72. The van der Waals surface area contributed by atoms with Crippen LogP contribution in [-0.4, -0.2) is 29.9 Å². The standard InChI is InChI=1S/C14H22N2OS/c1-11-3-2-7-16(13(11)9-15)14(17)5-4-12-6-8-18-10-12/h6,8,10-11,13H,2-5,7,9,15H2,1H3/t11-,13-/m0/s1. The number of aryl methyl sites for hydroxylation is 1. The van der Waals surface area contributed by atoms with Crippen molar-refractivity contribution >= 4 is 17.2 Å². The van der Waals surface area contributed by atoms with Gasteiger partial charge < -0.3 is 10.6 Å². The predicted octanol–water partition coefficient (Wildman–Crippen LogP) is 2.27. The van der Waals surface area contributed by atoms with E-state index in [2.05, 4.69) is 23.8 Å². The molecule has 0 unspecified atom stereocenters. The van der Waals surface area contributed by atoms with Gasteiger partial charge in [0.15, 0.2) is 0 Å². The van der Waals surface area contributed by atoms with Crippen LogP contribution in [0.3, 0.4) is 0 Å². The molecule has 1 aliphatic rings.